The van der Waals surface area contributed by atoms with E-state index in [4.69, 9.17) is 10.6 Å². The highest BCUT2D eigenvalue weighted by Crippen LogP contribution is 2.18. The molecule has 1 unspecified atom stereocenters. The zero-order valence-electron chi connectivity index (χ0n) is 9.18. The molecule has 0 saturated carbocycles. The lowest BCUT2D eigenvalue weighted by atomic mass is 10.1. The van der Waals surface area contributed by atoms with Crippen LogP contribution >= 0.6 is 0 Å². The Morgan fingerprint density at radius 3 is 3.06 bits per heavy atom. The topological polar surface area (TPSA) is 60.2 Å². The summed E-state index contributed by atoms with van der Waals surface area (Å²) in [6, 6.07) is 10.0. The summed E-state index contributed by atoms with van der Waals surface area (Å²) in [4.78, 5) is 4.27. The van der Waals surface area contributed by atoms with Crippen LogP contribution in [-0.4, -0.2) is 18.7 Å². The molecule has 0 bridgehead atoms. The van der Waals surface area contributed by atoms with Crippen LogP contribution in [0.3, 0.4) is 0 Å². The molecule has 84 valence electrons. The predicted molar refractivity (Wildman–Crippen MR) is 63.7 cm³/mol. The van der Waals surface area contributed by atoms with Crippen LogP contribution in [0, 0.1) is 0 Å². The minimum absolute atomic E-state index is 0.00889. The van der Waals surface area contributed by atoms with Gasteiger partial charge in [0, 0.05) is 18.7 Å². The molecule has 0 radical (unpaired) electrons. The number of nitrogens with one attached hydrogen (secondary N) is 1. The van der Waals surface area contributed by atoms with Crippen LogP contribution in [0.4, 0.5) is 0 Å². The fourth-order valence-corrected chi connectivity index (χ4v) is 1.72. The van der Waals surface area contributed by atoms with E-state index in [1.807, 2.05) is 24.3 Å². The monoisotopic (exact) mass is 217 g/mol. The Morgan fingerprint density at radius 1 is 1.44 bits per heavy atom. The summed E-state index contributed by atoms with van der Waals surface area (Å²) in [6.07, 6.45) is 1.79. The Bertz CT molecular complexity index is 473. The van der Waals surface area contributed by atoms with Gasteiger partial charge in [-0.2, -0.15) is 0 Å². The number of methoxy groups -OCH3 is 1. The van der Waals surface area contributed by atoms with E-state index in [1.54, 1.807) is 13.3 Å². The van der Waals surface area contributed by atoms with E-state index in [0.29, 0.717) is 6.61 Å². The van der Waals surface area contributed by atoms with E-state index in [-0.39, 0.29) is 6.04 Å². The molecule has 2 rings (SSSR count). The van der Waals surface area contributed by atoms with Gasteiger partial charge in [-0.15, -0.1) is 0 Å². The first-order valence-corrected chi connectivity index (χ1v) is 5.15. The minimum atomic E-state index is 0.00889. The molecule has 0 amide bonds. The standard InChI is InChI=1S/C12H15N3O/c1-16-8-12(15-13)10-4-5-11-9(7-10)3-2-6-14-11/h2-7,12,15H,8,13H2,1H3. The van der Waals surface area contributed by atoms with Crippen LogP contribution in [0.5, 0.6) is 0 Å². The molecular weight excluding hydrogens is 202 g/mol. The Kier molecular flexibility index (Phi) is 3.46. The summed E-state index contributed by atoms with van der Waals surface area (Å²) in [5.41, 5.74) is 4.83. The van der Waals surface area contributed by atoms with Crippen molar-refractivity contribution in [3.8, 4) is 0 Å². The predicted octanol–water partition coefficient (Wildman–Crippen LogP) is 1.39. The number of ether oxygens (including phenoxy) is 1. The molecular formula is C12H15N3O. The third-order valence-corrected chi connectivity index (χ3v) is 2.56. The molecule has 1 heterocycles. The van der Waals surface area contributed by atoms with Gasteiger partial charge in [-0.25, -0.2) is 0 Å². The molecule has 0 aliphatic rings. The maximum atomic E-state index is 5.49. The van der Waals surface area contributed by atoms with Gasteiger partial charge in [0.1, 0.15) is 0 Å². The quantitative estimate of drug-likeness (QED) is 0.600. The van der Waals surface area contributed by atoms with E-state index in [2.05, 4.69) is 16.5 Å². The van der Waals surface area contributed by atoms with E-state index < -0.39 is 0 Å². The van der Waals surface area contributed by atoms with Crippen LogP contribution in [0.15, 0.2) is 36.5 Å². The maximum Gasteiger partial charge on any atom is 0.0702 e. The molecule has 1 aromatic carbocycles. The third-order valence-electron chi connectivity index (χ3n) is 2.56. The van der Waals surface area contributed by atoms with Gasteiger partial charge in [0.05, 0.1) is 18.2 Å². The first-order valence-electron chi connectivity index (χ1n) is 5.15. The number of aromatic nitrogens is 1. The SMILES string of the molecule is COCC(NN)c1ccc2ncccc2c1. The van der Waals surface area contributed by atoms with Crippen molar-refractivity contribution in [3.05, 3.63) is 42.1 Å². The fraction of sp³-hybridized carbons (Fsp3) is 0.250. The van der Waals surface area contributed by atoms with Crippen LogP contribution in [0.1, 0.15) is 11.6 Å². The van der Waals surface area contributed by atoms with Crippen LogP contribution in [0.25, 0.3) is 10.9 Å². The summed E-state index contributed by atoms with van der Waals surface area (Å²) >= 11 is 0. The van der Waals surface area contributed by atoms with Gasteiger partial charge in [-0.1, -0.05) is 12.1 Å². The summed E-state index contributed by atoms with van der Waals surface area (Å²) in [5.74, 6) is 5.49. The zero-order chi connectivity index (χ0) is 11.4. The second-order valence-electron chi connectivity index (χ2n) is 3.63. The molecule has 0 spiro atoms. The first-order chi connectivity index (χ1) is 7.85. The minimum Gasteiger partial charge on any atom is -0.383 e. The van der Waals surface area contributed by atoms with Crippen molar-refractivity contribution in [2.24, 2.45) is 5.84 Å². The summed E-state index contributed by atoms with van der Waals surface area (Å²) < 4.78 is 5.10. The number of pyridine rings is 1. The largest absolute Gasteiger partial charge is 0.383 e. The molecule has 1 aromatic heterocycles. The third kappa shape index (κ3) is 2.19. The highest BCUT2D eigenvalue weighted by atomic mass is 16.5. The number of nitrogens with two attached hydrogens (primary N) is 1. The fourth-order valence-electron chi connectivity index (χ4n) is 1.72. The Hall–Kier alpha value is -1.49. The van der Waals surface area contributed by atoms with Crippen LogP contribution in [0.2, 0.25) is 0 Å². The van der Waals surface area contributed by atoms with Gasteiger partial charge in [0.25, 0.3) is 0 Å². The normalized spacial score (nSPS) is 12.9. The van der Waals surface area contributed by atoms with E-state index in [9.17, 15) is 0 Å². The zero-order valence-corrected chi connectivity index (χ0v) is 9.18. The van der Waals surface area contributed by atoms with Crippen molar-refractivity contribution in [2.75, 3.05) is 13.7 Å². The van der Waals surface area contributed by atoms with Crippen molar-refractivity contribution in [1.29, 1.82) is 0 Å². The number of nitrogens with zero attached hydrogens (tertiary/aromatic N) is 1. The average molecular weight is 217 g/mol. The Labute approximate surface area is 94.4 Å². The number of hydrogen-bond acceptors (Lipinski definition) is 4. The molecule has 3 N–H and O–H groups in total. The van der Waals surface area contributed by atoms with Gasteiger partial charge < -0.3 is 4.74 Å². The molecule has 0 saturated heterocycles. The lowest BCUT2D eigenvalue weighted by molar-refractivity contribution is 0.167. The van der Waals surface area contributed by atoms with E-state index in [1.165, 1.54) is 0 Å². The smallest absolute Gasteiger partial charge is 0.0702 e. The second kappa shape index (κ2) is 5.03. The lowest BCUT2D eigenvalue weighted by Crippen LogP contribution is -2.31. The van der Waals surface area contributed by atoms with Gasteiger partial charge >= 0.3 is 0 Å². The van der Waals surface area contributed by atoms with Crippen LogP contribution in [-0.2, 0) is 4.74 Å². The molecule has 4 nitrogen and oxygen atoms in total. The second-order valence-corrected chi connectivity index (χ2v) is 3.63. The van der Waals surface area contributed by atoms with Crippen molar-refractivity contribution in [1.82, 2.24) is 10.4 Å². The number of benzene rings is 1. The lowest BCUT2D eigenvalue weighted by Gasteiger charge is -2.15. The van der Waals surface area contributed by atoms with Crippen LogP contribution < -0.4 is 11.3 Å². The molecule has 0 aliphatic heterocycles. The molecule has 1 atom stereocenters. The van der Waals surface area contributed by atoms with Gasteiger partial charge in [0.2, 0.25) is 0 Å². The molecule has 0 fully saturated rings. The van der Waals surface area contributed by atoms with Gasteiger partial charge in [0.15, 0.2) is 0 Å². The molecule has 16 heavy (non-hydrogen) atoms. The first kappa shape index (κ1) is 11.0. The van der Waals surface area contributed by atoms with E-state index >= 15 is 0 Å². The Morgan fingerprint density at radius 2 is 2.31 bits per heavy atom. The number of fused-ring (bicyclic) bond motifs is 1. The summed E-state index contributed by atoms with van der Waals surface area (Å²) in [7, 11) is 1.66. The van der Waals surface area contributed by atoms with Gasteiger partial charge in [-0.05, 0) is 23.8 Å². The summed E-state index contributed by atoms with van der Waals surface area (Å²) in [5, 5.41) is 1.11. The van der Waals surface area contributed by atoms with Gasteiger partial charge in [-0.3, -0.25) is 16.3 Å². The average Bonchev–Trinajstić information content (AvgIpc) is 2.35. The molecule has 0 aliphatic carbocycles. The molecule has 2 aromatic rings. The van der Waals surface area contributed by atoms with Crippen molar-refractivity contribution in [2.45, 2.75) is 6.04 Å². The summed E-state index contributed by atoms with van der Waals surface area (Å²) in [6.45, 7) is 0.544. The van der Waals surface area contributed by atoms with Crippen molar-refractivity contribution >= 4 is 10.9 Å². The Balaban J connectivity index is 2.37. The maximum absolute atomic E-state index is 5.49. The molecule has 4 heteroatoms. The highest BCUT2D eigenvalue weighted by molar-refractivity contribution is 5.79. The number of hydrazine groups is 1. The van der Waals surface area contributed by atoms with Crippen molar-refractivity contribution in [3.63, 3.8) is 0 Å². The number of rotatable bonds is 4. The highest BCUT2D eigenvalue weighted by Gasteiger charge is 2.09. The number of hydrogen-bond donors (Lipinski definition) is 2. The van der Waals surface area contributed by atoms with Crippen molar-refractivity contribution < 1.29 is 4.74 Å². The van der Waals surface area contributed by atoms with E-state index in [0.717, 1.165) is 16.5 Å².